The summed E-state index contributed by atoms with van der Waals surface area (Å²) in [5.41, 5.74) is 0.967. The number of hydrogen-bond donors (Lipinski definition) is 0. The van der Waals surface area contributed by atoms with Crippen molar-refractivity contribution < 1.29 is 8.42 Å². The summed E-state index contributed by atoms with van der Waals surface area (Å²) in [6, 6.07) is 8.93. The molecule has 1 aliphatic heterocycles. The van der Waals surface area contributed by atoms with E-state index in [0.29, 0.717) is 22.5 Å². The lowest BCUT2D eigenvalue weighted by Gasteiger charge is -2.31. The Labute approximate surface area is 139 Å². The molecule has 3 rings (SSSR count). The molecule has 1 atom stereocenters. The van der Waals surface area contributed by atoms with E-state index in [1.165, 1.54) is 0 Å². The predicted molar refractivity (Wildman–Crippen MR) is 88.1 cm³/mol. The second-order valence-electron chi connectivity index (χ2n) is 5.55. The fourth-order valence-corrected chi connectivity index (χ4v) is 5.33. The van der Waals surface area contributed by atoms with Gasteiger partial charge >= 0.3 is 0 Å². The third-order valence-corrected chi connectivity index (χ3v) is 6.87. The minimum atomic E-state index is -3.47. The zero-order valence-corrected chi connectivity index (χ0v) is 14.7. The fraction of sp³-hybridized carbons (Fsp3) is 0.400. The number of piperidine rings is 1. The van der Waals surface area contributed by atoms with Gasteiger partial charge < -0.3 is 0 Å². The third-order valence-electron chi connectivity index (χ3n) is 3.99. The Kier molecular flexibility index (Phi) is 4.38. The number of rotatable bonds is 3. The lowest BCUT2D eigenvalue weighted by molar-refractivity contribution is 0.311. The number of nitrogens with zero attached hydrogens (tertiary/aromatic N) is 3. The maximum absolute atomic E-state index is 12.9. The van der Waals surface area contributed by atoms with Crippen molar-refractivity contribution >= 4 is 26.0 Å². The van der Waals surface area contributed by atoms with E-state index in [9.17, 15) is 8.42 Å². The van der Waals surface area contributed by atoms with Crippen LogP contribution < -0.4 is 0 Å². The Balaban J connectivity index is 1.87. The van der Waals surface area contributed by atoms with E-state index < -0.39 is 10.0 Å². The molecule has 0 amide bonds. The number of sulfonamides is 1. The van der Waals surface area contributed by atoms with E-state index in [1.807, 2.05) is 25.4 Å². The first-order valence-electron chi connectivity index (χ1n) is 7.23. The standard InChI is InChI=1S/C15H18BrN3O2S/c1-18-10-8-14(17-18)12-5-4-9-19(11-12)22(20,21)15-7-3-2-6-13(15)16/h2-3,6-8,10,12H,4-5,9,11H2,1H3/t12-/m0/s1. The second-order valence-corrected chi connectivity index (χ2v) is 8.31. The Hall–Kier alpha value is -1.18. The van der Waals surface area contributed by atoms with E-state index in [2.05, 4.69) is 21.0 Å². The molecule has 5 nitrogen and oxygen atoms in total. The zero-order chi connectivity index (χ0) is 15.7. The van der Waals surface area contributed by atoms with E-state index in [-0.39, 0.29) is 5.92 Å². The van der Waals surface area contributed by atoms with Gasteiger partial charge in [-0.05, 0) is 47.0 Å². The maximum Gasteiger partial charge on any atom is 0.244 e. The summed E-state index contributed by atoms with van der Waals surface area (Å²) in [6.45, 7) is 1.05. The van der Waals surface area contributed by atoms with Crippen LogP contribution >= 0.6 is 15.9 Å². The van der Waals surface area contributed by atoms with Crippen LogP contribution in [0.5, 0.6) is 0 Å². The number of aromatic nitrogens is 2. The molecule has 0 aliphatic carbocycles. The maximum atomic E-state index is 12.9. The molecule has 0 unspecified atom stereocenters. The van der Waals surface area contributed by atoms with Crippen LogP contribution in [0, 0.1) is 0 Å². The van der Waals surface area contributed by atoms with Gasteiger partial charge in [0.15, 0.2) is 0 Å². The summed E-state index contributed by atoms with van der Waals surface area (Å²) in [6.07, 6.45) is 3.72. The lowest BCUT2D eigenvalue weighted by Crippen LogP contribution is -2.39. The first kappa shape index (κ1) is 15.7. The van der Waals surface area contributed by atoms with Gasteiger partial charge in [-0.3, -0.25) is 4.68 Å². The number of aryl methyl sites for hydroxylation is 1. The van der Waals surface area contributed by atoms with Crippen LogP contribution in [0.4, 0.5) is 0 Å². The van der Waals surface area contributed by atoms with E-state index >= 15 is 0 Å². The molecule has 0 N–H and O–H groups in total. The molecular weight excluding hydrogens is 366 g/mol. The molecule has 22 heavy (non-hydrogen) atoms. The number of benzene rings is 1. The lowest BCUT2D eigenvalue weighted by atomic mass is 9.96. The second kappa shape index (κ2) is 6.14. The summed E-state index contributed by atoms with van der Waals surface area (Å²) in [5.74, 6) is 0.159. The van der Waals surface area contributed by atoms with E-state index in [4.69, 9.17) is 0 Å². The smallest absolute Gasteiger partial charge is 0.244 e. The predicted octanol–water partition coefficient (Wildman–Crippen LogP) is 2.75. The van der Waals surface area contributed by atoms with Crippen LogP contribution in [0.3, 0.4) is 0 Å². The van der Waals surface area contributed by atoms with E-state index in [0.717, 1.165) is 18.5 Å². The van der Waals surface area contributed by atoms with Crippen molar-refractivity contribution in [3.8, 4) is 0 Å². The van der Waals surface area contributed by atoms with Crippen molar-refractivity contribution in [1.82, 2.24) is 14.1 Å². The van der Waals surface area contributed by atoms with Crippen LogP contribution in [0.25, 0.3) is 0 Å². The highest BCUT2D eigenvalue weighted by Crippen LogP contribution is 2.31. The summed E-state index contributed by atoms with van der Waals surface area (Å²) in [5, 5.41) is 4.43. The first-order valence-corrected chi connectivity index (χ1v) is 9.46. The van der Waals surface area contributed by atoms with Crippen LogP contribution in [0.15, 0.2) is 45.9 Å². The van der Waals surface area contributed by atoms with Gasteiger partial charge in [-0.1, -0.05) is 12.1 Å². The Morgan fingerprint density at radius 3 is 2.73 bits per heavy atom. The van der Waals surface area contributed by atoms with Crippen LogP contribution in [0.2, 0.25) is 0 Å². The van der Waals surface area contributed by atoms with Crippen molar-refractivity contribution in [3.05, 3.63) is 46.7 Å². The zero-order valence-electron chi connectivity index (χ0n) is 12.3. The van der Waals surface area contributed by atoms with Gasteiger partial charge in [0.1, 0.15) is 0 Å². The molecule has 1 aromatic heterocycles. The van der Waals surface area contributed by atoms with Crippen LogP contribution in [0.1, 0.15) is 24.5 Å². The monoisotopic (exact) mass is 383 g/mol. The van der Waals surface area contributed by atoms with Crippen molar-refractivity contribution in [2.24, 2.45) is 7.05 Å². The van der Waals surface area contributed by atoms with Crippen LogP contribution in [-0.4, -0.2) is 35.6 Å². The molecule has 0 radical (unpaired) electrons. The third kappa shape index (κ3) is 2.98. The van der Waals surface area contributed by atoms with Crippen molar-refractivity contribution in [2.45, 2.75) is 23.7 Å². The highest BCUT2D eigenvalue weighted by atomic mass is 79.9. The van der Waals surface area contributed by atoms with Gasteiger partial charge in [-0.15, -0.1) is 0 Å². The molecule has 7 heteroatoms. The minimum Gasteiger partial charge on any atom is -0.276 e. The molecule has 1 aliphatic rings. The average Bonchev–Trinajstić information content (AvgIpc) is 2.94. The molecule has 0 bridgehead atoms. The highest BCUT2D eigenvalue weighted by Gasteiger charge is 2.32. The van der Waals surface area contributed by atoms with Crippen molar-refractivity contribution in [2.75, 3.05) is 13.1 Å². The summed E-state index contributed by atoms with van der Waals surface area (Å²) >= 11 is 3.34. The summed E-state index contributed by atoms with van der Waals surface area (Å²) < 4.78 is 29.7. The van der Waals surface area contributed by atoms with Crippen LogP contribution in [-0.2, 0) is 17.1 Å². The molecule has 118 valence electrons. The molecule has 2 aromatic rings. The molecule has 2 heterocycles. The number of halogens is 1. The van der Waals surface area contributed by atoms with Gasteiger partial charge in [-0.2, -0.15) is 9.40 Å². The van der Waals surface area contributed by atoms with Gasteiger partial charge in [0.25, 0.3) is 0 Å². The number of hydrogen-bond acceptors (Lipinski definition) is 3. The topological polar surface area (TPSA) is 55.2 Å². The van der Waals surface area contributed by atoms with Gasteiger partial charge in [0, 0.05) is 36.7 Å². The van der Waals surface area contributed by atoms with Gasteiger partial charge in [0.05, 0.1) is 10.6 Å². The molecule has 1 fully saturated rings. The molecule has 0 saturated carbocycles. The normalized spacial score (nSPS) is 20.2. The Morgan fingerprint density at radius 1 is 1.27 bits per heavy atom. The summed E-state index contributed by atoms with van der Waals surface area (Å²) in [7, 11) is -1.60. The molecule has 0 spiro atoms. The molecule has 1 aromatic carbocycles. The highest BCUT2D eigenvalue weighted by molar-refractivity contribution is 9.10. The fourth-order valence-electron chi connectivity index (χ4n) is 2.85. The van der Waals surface area contributed by atoms with Gasteiger partial charge in [0.2, 0.25) is 10.0 Å². The SMILES string of the molecule is Cn1ccc([C@H]2CCCN(S(=O)(=O)c3ccccc3Br)C2)n1. The van der Waals surface area contributed by atoms with Gasteiger partial charge in [-0.25, -0.2) is 8.42 Å². The van der Waals surface area contributed by atoms with E-state index in [1.54, 1.807) is 27.2 Å². The van der Waals surface area contributed by atoms with Crippen molar-refractivity contribution in [3.63, 3.8) is 0 Å². The first-order chi connectivity index (χ1) is 10.5. The molecular formula is C15H18BrN3O2S. The Morgan fingerprint density at radius 2 is 2.05 bits per heavy atom. The van der Waals surface area contributed by atoms with Crippen molar-refractivity contribution in [1.29, 1.82) is 0 Å². The summed E-state index contributed by atoms with van der Waals surface area (Å²) in [4.78, 5) is 0.330. The largest absolute Gasteiger partial charge is 0.276 e. The quantitative estimate of drug-likeness (QED) is 0.818. The average molecular weight is 384 g/mol. The minimum absolute atomic E-state index is 0.159. The molecule has 1 saturated heterocycles. The Bertz CT molecular complexity index is 773.